The molecule has 2 nitrogen and oxygen atoms in total. The van der Waals surface area contributed by atoms with E-state index in [4.69, 9.17) is 16.3 Å². The summed E-state index contributed by atoms with van der Waals surface area (Å²) in [5.74, 6) is 0. The average Bonchev–Trinajstić information content (AvgIpc) is 2.29. The molecular weight excluding hydrogens is 222 g/mol. The van der Waals surface area contributed by atoms with Crippen molar-refractivity contribution in [3.63, 3.8) is 0 Å². The molecule has 0 saturated heterocycles. The molecule has 2 unspecified atom stereocenters. The number of rotatable bonds is 6. The molecule has 0 amide bonds. The minimum atomic E-state index is 0.130. The summed E-state index contributed by atoms with van der Waals surface area (Å²) in [7, 11) is 1.73. The lowest BCUT2D eigenvalue weighted by molar-refractivity contribution is 0.0830. The number of hydrogen-bond donors (Lipinski definition) is 1. The highest BCUT2D eigenvalue weighted by Crippen LogP contribution is 2.21. The van der Waals surface area contributed by atoms with Gasteiger partial charge in [0.15, 0.2) is 0 Å². The number of ether oxygens (including phenoxy) is 1. The minimum absolute atomic E-state index is 0.130. The van der Waals surface area contributed by atoms with Gasteiger partial charge in [0, 0.05) is 12.1 Å². The molecular formula is C13H20ClNO. The van der Waals surface area contributed by atoms with Crippen molar-refractivity contribution in [3.05, 3.63) is 34.9 Å². The fourth-order valence-corrected chi connectivity index (χ4v) is 1.89. The first kappa shape index (κ1) is 13.5. The standard InChI is InChI=1S/C13H20ClNO/c1-4-8-15-13(10(2)16-3)11-6-5-7-12(14)9-11/h5-7,9-10,13,15H,4,8H2,1-3H3. The van der Waals surface area contributed by atoms with Crippen LogP contribution in [-0.2, 0) is 4.74 Å². The Kier molecular flexibility index (Phi) is 5.81. The van der Waals surface area contributed by atoms with Gasteiger partial charge >= 0.3 is 0 Å². The highest BCUT2D eigenvalue weighted by atomic mass is 35.5. The summed E-state index contributed by atoms with van der Waals surface area (Å²) in [5, 5.41) is 4.25. The summed E-state index contributed by atoms with van der Waals surface area (Å²) >= 11 is 6.00. The Morgan fingerprint density at radius 1 is 1.44 bits per heavy atom. The Morgan fingerprint density at radius 3 is 2.75 bits per heavy atom. The average molecular weight is 242 g/mol. The van der Waals surface area contributed by atoms with Crippen LogP contribution in [0.25, 0.3) is 0 Å². The van der Waals surface area contributed by atoms with Crippen molar-refractivity contribution >= 4 is 11.6 Å². The third-order valence-electron chi connectivity index (χ3n) is 2.66. The van der Waals surface area contributed by atoms with E-state index in [9.17, 15) is 0 Å². The van der Waals surface area contributed by atoms with Crippen molar-refractivity contribution in [2.24, 2.45) is 0 Å². The molecule has 0 aliphatic carbocycles. The zero-order valence-corrected chi connectivity index (χ0v) is 10.9. The van der Waals surface area contributed by atoms with Crippen LogP contribution in [0.4, 0.5) is 0 Å². The fraction of sp³-hybridized carbons (Fsp3) is 0.538. The Balaban J connectivity index is 2.82. The molecule has 0 saturated carbocycles. The maximum absolute atomic E-state index is 6.00. The molecule has 0 heterocycles. The van der Waals surface area contributed by atoms with Gasteiger partial charge in [-0.25, -0.2) is 0 Å². The minimum Gasteiger partial charge on any atom is -0.380 e. The smallest absolute Gasteiger partial charge is 0.0737 e. The molecule has 0 radical (unpaired) electrons. The van der Waals surface area contributed by atoms with Gasteiger partial charge in [-0.15, -0.1) is 0 Å². The maximum atomic E-state index is 6.00. The van der Waals surface area contributed by atoms with E-state index in [0.717, 1.165) is 18.0 Å². The molecule has 1 aromatic carbocycles. The second kappa shape index (κ2) is 6.89. The van der Waals surface area contributed by atoms with Gasteiger partial charge in [0.1, 0.15) is 0 Å². The van der Waals surface area contributed by atoms with E-state index in [1.165, 1.54) is 5.56 Å². The molecule has 90 valence electrons. The van der Waals surface area contributed by atoms with E-state index in [0.29, 0.717) is 0 Å². The zero-order chi connectivity index (χ0) is 12.0. The summed E-state index contributed by atoms with van der Waals surface area (Å²) in [4.78, 5) is 0. The molecule has 0 aliphatic rings. The van der Waals surface area contributed by atoms with Crippen molar-refractivity contribution in [3.8, 4) is 0 Å². The Labute approximate surface area is 103 Å². The first-order valence-electron chi connectivity index (χ1n) is 5.70. The van der Waals surface area contributed by atoms with E-state index in [1.807, 2.05) is 18.2 Å². The lowest BCUT2D eigenvalue weighted by Crippen LogP contribution is -2.31. The van der Waals surface area contributed by atoms with Crippen LogP contribution in [0.15, 0.2) is 24.3 Å². The summed E-state index contributed by atoms with van der Waals surface area (Å²) < 4.78 is 5.40. The Bertz CT molecular complexity index is 317. The molecule has 1 aromatic rings. The Morgan fingerprint density at radius 2 is 2.19 bits per heavy atom. The van der Waals surface area contributed by atoms with Crippen molar-refractivity contribution in [2.45, 2.75) is 32.4 Å². The lowest BCUT2D eigenvalue weighted by atomic mass is 10.0. The largest absolute Gasteiger partial charge is 0.380 e. The molecule has 0 aromatic heterocycles. The van der Waals surface area contributed by atoms with Gasteiger partial charge in [0.05, 0.1) is 12.1 Å². The van der Waals surface area contributed by atoms with Gasteiger partial charge in [-0.3, -0.25) is 0 Å². The summed E-state index contributed by atoms with van der Waals surface area (Å²) in [5.41, 5.74) is 1.18. The van der Waals surface area contributed by atoms with E-state index in [1.54, 1.807) is 7.11 Å². The number of benzene rings is 1. The molecule has 0 bridgehead atoms. The number of hydrogen-bond acceptors (Lipinski definition) is 2. The first-order valence-corrected chi connectivity index (χ1v) is 6.08. The highest BCUT2D eigenvalue weighted by Gasteiger charge is 2.18. The third-order valence-corrected chi connectivity index (χ3v) is 2.90. The highest BCUT2D eigenvalue weighted by molar-refractivity contribution is 6.30. The van der Waals surface area contributed by atoms with Gasteiger partial charge in [-0.1, -0.05) is 30.7 Å². The zero-order valence-electron chi connectivity index (χ0n) is 10.2. The number of methoxy groups -OCH3 is 1. The fourth-order valence-electron chi connectivity index (χ4n) is 1.69. The van der Waals surface area contributed by atoms with Gasteiger partial charge < -0.3 is 10.1 Å². The van der Waals surface area contributed by atoms with Crippen LogP contribution in [0.2, 0.25) is 5.02 Å². The molecule has 1 N–H and O–H groups in total. The van der Waals surface area contributed by atoms with Crippen molar-refractivity contribution < 1.29 is 4.74 Å². The summed E-state index contributed by atoms with van der Waals surface area (Å²) in [6, 6.07) is 8.13. The molecule has 0 fully saturated rings. The molecule has 0 aliphatic heterocycles. The number of nitrogens with one attached hydrogen (secondary N) is 1. The van der Waals surface area contributed by atoms with Crippen LogP contribution < -0.4 is 5.32 Å². The molecule has 3 heteroatoms. The molecule has 16 heavy (non-hydrogen) atoms. The van der Waals surface area contributed by atoms with E-state index in [2.05, 4.69) is 25.2 Å². The molecule has 2 atom stereocenters. The topological polar surface area (TPSA) is 21.3 Å². The maximum Gasteiger partial charge on any atom is 0.0737 e. The first-order chi connectivity index (χ1) is 7.69. The van der Waals surface area contributed by atoms with E-state index >= 15 is 0 Å². The van der Waals surface area contributed by atoms with E-state index < -0.39 is 0 Å². The van der Waals surface area contributed by atoms with Gasteiger partial charge in [0.25, 0.3) is 0 Å². The van der Waals surface area contributed by atoms with Crippen LogP contribution >= 0.6 is 11.6 Å². The van der Waals surface area contributed by atoms with Crippen LogP contribution in [0.5, 0.6) is 0 Å². The normalized spacial score (nSPS) is 14.8. The van der Waals surface area contributed by atoms with Crippen LogP contribution in [0.3, 0.4) is 0 Å². The van der Waals surface area contributed by atoms with Crippen molar-refractivity contribution in [2.75, 3.05) is 13.7 Å². The second-order valence-electron chi connectivity index (χ2n) is 3.93. The van der Waals surface area contributed by atoms with Crippen molar-refractivity contribution in [1.82, 2.24) is 5.32 Å². The molecule has 0 spiro atoms. The van der Waals surface area contributed by atoms with Crippen LogP contribution in [0, 0.1) is 0 Å². The summed E-state index contributed by atoms with van der Waals surface area (Å²) in [6.07, 6.45) is 1.23. The molecule has 1 rings (SSSR count). The SMILES string of the molecule is CCCNC(c1cccc(Cl)c1)C(C)OC. The quantitative estimate of drug-likeness (QED) is 0.824. The monoisotopic (exact) mass is 241 g/mol. The van der Waals surface area contributed by atoms with Crippen molar-refractivity contribution in [1.29, 1.82) is 0 Å². The van der Waals surface area contributed by atoms with Gasteiger partial charge in [-0.2, -0.15) is 0 Å². The lowest BCUT2D eigenvalue weighted by Gasteiger charge is -2.24. The van der Waals surface area contributed by atoms with Gasteiger partial charge in [0.2, 0.25) is 0 Å². The van der Waals surface area contributed by atoms with Gasteiger partial charge in [-0.05, 0) is 37.6 Å². The predicted octanol–water partition coefficient (Wildman–Crippen LogP) is 3.42. The Hall–Kier alpha value is -0.570. The third kappa shape index (κ3) is 3.78. The second-order valence-corrected chi connectivity index (χ2v) is 4.36. The summed E-state index contributed by atoms with van der Waals surface area (Å²) in [6.45, 7) is 5.19. The van der Waals surface area contributed by atoms with E-state index in [-0.39, 0.29) is 12.1 Å². The number of halogens is 1. The van der Waals surface area contributed by atoms with Crippen LogP contribution in [-0.4, -0.2) is 19.8 Å². The van der Waals surface area contributed by atoms with Crippen LogP contribution in [0.1, 0.15) is 31.9 Å². The predicted molar refractivity (Wildman–Crippen MR) is 69.0 cm³/mol.